The SMILES string of the molecule is CCCOc1ccc(/C(=C/C(=O)O)CC)cc1C(C)C. The molecule has 0 aliphatic carbocycles. The van der Waals surface area contributed by atoms with Gasteiger partial charge in [-0.15, -0.1) is 0 Å². The average Bonchev–Trinajstić information content (AvgIpc) is 2.42. The van der Waals surface area contributed by atoms with Gasteiger partial charge in [0.2, 0.25) is 0 Å². The van der Waals surface area contributed by atoms with Crippen molar-refractivity contribution < 1.29 is 14.6 Å². The first-order chi connectivity index (χ1) is 9.49. The molecule has 0 spiro atoms. The van der Waals surface area contributed by atoms with Crippen LogP contribution >= 0.6 is 0 Å². The number of carbonyl (C=O) groups is 1. The van der Waals surface area contributed by atoms with Crippen molar-refractivity contribution in [1.82, 2.24) is 0 Å². The van der Waals surface area contributed by atoms with E-state index in [-0.39, 0.29) is 0 Å². The van der Waals surface area contributed by atoms with Crippen LogP contribution in [-0.4, -0.2) is 17.7 Å². The molecule has 3 heteroatoms. The molecule has 0 unspecified atom stereocenters. The Labute approximate surface area is 121 Å². The molecule has 0 aliphatic rings. The monoisotopic (exact) mass is 276 g/mol. The van der Waals surface area contributed by atoms with Crippen molar-refractivity contribution in [3.05, 3.63) is 35.4 Å². The molecular weight excluding hydrogens is 252 g/mol. The third-order valence-corrected chi connectivity index (χ3v) is 3.14. The molecule has 0 heterocycles. The Balaban J connectivity index is 3.18. The van der Waals surface area contributed by atoms with Gasteiger partial charge in [-0.2, -0.15) is 0 Å². The minimum absolute atomic E-state index is 0.338. The van der Waals surface area contributed by atoms with Gasteiger partial charge in [-0.1, -0.05) is 33.8 Å². The van der Waals surface area contributed by atoms with Crippen LogP contribution in [0.5, 0.6) is 5.75 Å². The zero-order valence-electron chi connectivity index (χ0n) is 12.8. The van der Waals surface area contributed by atoms with E-state index in [2.05, 4.69) is 20.8 Å². The van der Waals surface area contributed by atoms with E-state index in [1.807, 2.05) is 25.1 Å². The minimum atomic E-state index is -0.903. The molecule has 0 aromatic heterocycles. The third kappa shape index (κ3) is 4.41. The van der Waals surface area contributed by atoms with E-state index >= 15 is 0 Å². The summed E-state index contributed by atoms with van der Waals surface area (Å²) in [6.07, 6.45) is 2.95. The van der Waals surface area contributed by atoms with Crippen LogP contribution in [0.3, 0.4) is 0 Å². The molecule has 1 aromatic carbocycles. The lowest BCUT2D eigenvalue weighted by Gasteiger charge is -2.16. The molecule has 110 valence electrons. The van der Waals surface area contributed by atoms with Crippen LogP contribution in [0.2, 0.25) is 0 Å². The molecular formula is C17H24O3. The van der Waals surface area contributed by atoms with Crippen molar-refractivity contribution in [2.24, 2.45) is 0 Å². The van der Waals surface area contributed by atoms with Gasteiger partial charge in [0.05, 0.1) is 6.61 Å². The normalized spacial score (nSPS) is 11.8. The molecule has 0 saturated carbocycles. The van der Waals surface area contributed by atoms with Gasteiger partial charge >= 0.3 is 5.97 Å². The molecule has 0 saturated heterocycles. The largest absolute Gasteiger partial charge is 0.493 e. The Bertz CT molecular complexity index is 487. The number of allylic oxidation sites excluding steroid dienone is 1. The molecule has 20 heavy (non-hydrogen) atoms. The maximum atomic E-state index is 10.9. The van der Waals surface area contributed by atoms with Crippen LogP contribution in [0.15, 0.2) is 24.3 Å². The van der Waals surface area contributed by atoms with E-state index < -0.39 is 5.97 Å². The maximum absolute atomic E-state index is 10.9. The van der Waals surface area contributed by atoms with Crippen molar-refractivity contribution in [3.8, 4) is 5.75 Å². The number of carboxylic acid groups (broad SMARTS) is 1. The van der Waals surface area contributed by atoms with Crippen LogP contribution in [0.1, 0.15) is 57.6 Å². The van der Waals surface area contributed by atoms with Gasteiger partial charge in [0.25, 0.3) is 0 Å². The van der Waals surface area contributed by atoms with E-state index in [0.717, 1.165) is 28.9 Å². The Morgan fingerprint density at radius 1 is 1.35 bits per heavy atom. The van der Waals surface area contributed by atoms with E-state index in [1.54, 1.807) is 0 Å². The van der Waals surface area contributed by atoms with E-state index in [1.165, 1.54) is 6.08 Å². The summed E-state index contributed by atoms with van der Waals surface area (Å²) in [6.45, 7) is 8.97. The molecule has 0 bridgehead atoms. The maximum Gasteiger partial charge on any atom is 0.328 e. The number of ether oxygens (including phenoxy) is 1. The molecule has 1 N–H and O–H groups in total. The van der Waals surface area contributed by atoms with Crippen LogP contribution < -0.4 is 4.74 Å². The molecule has 0 aliphatic heterocycles. The summed E-state index contributed by atoms with van der Waals surface area (Å²) in [6, 6.07) is 5.94. The van der Waals surface area contributed by atoms with Gasteiger partial charge < -0.3 is 9.84 Å². The van der Waals surface area contributed by atoms with E-state index in [9.17, 15) is 4.79 Å². The first-order valence-corrected chi connectivity index (χ1v) is 7.20. The summed E-state index contributed by atoms with van der Waals surface area (Å²) in [5, 5.41) is 8.92. The Morgan fingerprint density at radius 2 is 2.05 bits per heavy atom. The topological polar surface area (TPSA) is 46.5 Å². The smallest absolute Gasteiger partial charge is 0.328 e. The molecule has 0 radical (unpaired) electrons. The Kier molecular flexibility index (Phi) is 6.29. The highest BCUT2D eigenvalue weighted by molar-refractivity contribution is 5.90. The fraction of sp³-hybridized carbons (Fsp3) is 0.471. The van der Waals surface area contributed by atoms with Gasteiger partial charge in [-0.25, -0.2) is 4.79 Å². The first-order valence-electron chi connectivity index (χ1n) is 7.20. The zero-order chi connectivity index (χ0) is 15.1. The van der Waals surface area contributed by atoms with Crippen LogP contribution in [0.25, 0.3) is 5.57 Å². The number of rotatable bonds is 7. The fourth-order valence-corrected chi connectivity index (χ4v) is 2.08. The lowest BCUT2D eigenvalue weighted by atomic mass is 9.95. The average molecular weight is 276 g/mol. The second-order valence-electron chi connectivity index (χ2n) is 5.12. The first kappa shape index (κ1) is 16.3. The summed E-state index contributed by atoms with van der Waals surface area (Å²) in [7, 11) is 0. The summed E-state index contributed by atoms with van der Waals surface area (Å²) in [5.41, 5.74) is 2.92. The summed E-state index contributed by atoms with van der Waals surface area (Å²) in [5.74, 6) is 0.334. The van der Waals surface area contributed by atoms with Crippen LogP contribution in [0.4, 0.5) is 0 Å². The molecule has 0 fully saturated rings. The van der Waals surface area contributed by atoms with Crippen LogP contribution in [0, 0.1) is 0 Å². The van der Waals surface area contributed by atoms with Crippen molar-refractivity contribution in [1.29, 1.82) is 0 Å². The number of aliphatic carboxylic acids is 1. The fourth-order valence-electron chi connectivity index (χ4n) is 2.08. The highest BCUT2D eigenvalue weighted by Gasteiger charge is 2.11. The van der Waals surface area contributed by atoms with Crippen molar-refractivity contribution in [3.63, 3.8) is 0 Å². The summed E-state index contributed by atoms with van der Waals surface area (Å²) >= 11 is 0. The second kappa shape index (κ2) is 7.73. The third-order valence-electron chi connectivity index (χ3n) is 3.14. The lowest BCUT2D eigenvalue weighted by Crippen LogP contribution is -2.01. The molecule has 0 atom stereocenters. The van der Waals surface area contributed by atoms with Crippen molar-refractivity contribution >= 4 is 11.5 Å². The highest BCUT2D eigenvalue weighted by atomic mass is 16.5. The highest BCUT2D eigenvalue weighted by Crippen LogP contribution is 2.31. The Hall–Kier alpha value is -1.77. The molecule has 0 amide bonds. The summed E-state index contributed by atoms with van der Waals surface area (Å²) in [4.78, 5) is 10.9. The Morgan fingerprint density at radius 3 is 2.55 bits per heavy atom. The number of hydrogen-bond acceptors (Lipinski definition) is 2. The number of hydrogen-bond donors (Lipinski definition) is 1. The number of benzene rings is 1. The van der Waals surface area contributed by atoms with Gasteiger partial charge in [0.1, 0.15) is 5.75 Å². The number of carboxylic acids is 1. The summed E-state index contributed by atoms with van der Waals surface area (Å²) < 4.78 is 5.76. The predicted octanol–water partition coefficient (Wildman–Crippen LogP) is 4.48. The zero-order valence-corrected chi connectivity index (χ0v) is 12.8. The van der Waals surface area contributed by atoms with E-state index in [0.29, 0.717) is 18.9 Å². The quantitative estimate of drug-likeness (QED) is 0.747. The van der Waals surface area contributed by atoms with Gasteiger partial charge in [-0.05, 0) is 47.6 Å². The van der Waals surface area contributed by atoms with Crippen molar-refractivity contribution in [2.45, 2.75) is 46.5 Å². The molecule has 1 aromatic rings. The van der Waals surface area contributed by atoms with E-state index in [4.69, 9.17) is 9.84 Å². The standard InChI is InChI=1S/C17H24O3/c1-5-9-20-16-8-7-14(10-15(16)12(3)4)13(6-2)11-17(18)19/h7-8,10-12H,5-6,9H2,1-4H3,(H,18,19)/b13-11+. The predicted molar refractivity (Wildman–Crippen MR) is 82.2 cm³/mol. The lowest BCUT2D eigenvalue weighted by molar-refractivity contribution is -0.131. The molecule has 1 rings (SSSR count). The minimum Gasteiger partial charge on any atom is -0.493 e. The second-order valence-corrected chi connectivity index (χ2v) is 5.12. The van der Waals surface area contributed by atoms with Crippen LogP contribution in [-0.2, 0) is 4.79 Å². The van der Waals surface area contributed by atoms with Crippen molar-refractivity contribution in [2.75, 3.05) is 6.61 Å². The van der Waals surface area contributed by atoms with Gasteiger partial charge in [-0.3, -0.25) is 0 Å². The van der Waals surface area contributed by atoms with Gasteiger partial charge in [0, 0.05) is 6.08 Å². The molecule has 3 nitrogen and oxygen atoms in total. The van der Waals surface area contributed by atoms with Gasteiger partial charge in [0.15, 0.2) is 0 Å².